The fourth-order valence-corrected chi connectivity index (χ4v) is 1.74. The first-order valence-corrected chi connectivity index (χ1v) is 4.57. The van der Waals surface area contributed by atoms with E-state index in [2.05, 4.69) is 38.3 Å². The molecule has 0 atom stereocenters. The highest BCUT2D eigenvalue weighted by molar-refractivity contribution is 6.63. The van der Waals surface area contributed by atoms with Crippen molar-refractivity contribution in [2.24, 2.45) is 0 Å². The number of halogens is 1. The molecule has 0 amide bonds. The molecule has 0 heterocycles. The first-order valence-electron chi connectivity index (χ1n) is 4.19. The van der Waals surface area contributed by atoms with Crippen molar-refractivity contribution in [1.29, 1.82) is 0 Å². The second-order valence-corrected chi connectivity index (χ2v) is 3.82. The largest absolute Gasteiger partial charge is 0.140 e. The summed E-state index contributed by atoms with van der Waals surface area (Å²) in [4.78, 5) is 0. The molecule has 1 aromatic rings. The summed E-state index contributed by atoms with van der Waals surface area (Å²) in [6.07, 6.45) is 0. The zero-order valence-electron chi connectivity index (χ0n) is 8.38. The van der Waals surface area contributed by atoms with E-state index in [4.69, 9.17) is 11.6 Å². The second kappa shape index (κ2) is 3.26. The maximum absolute atomic E-state index is 6.16. The summed E-state index contributed by atoms with van der Waals surface area (Å²) in [7, 11) is 8.42. The topological polar surface area (TPSA) is 0 Å². The molecule has 0 spiro atoms. The zero-order valence-corrected chi connectivity index (χ0v) is 9.13. The quantitative estimate of drug-likeness (QED) is 0.349. The molecule has 58 valence electrons. The van der Waals surface area contributed by atoms with E-state index in [0.717, 1.165) is 5.02 Å². The number of rotatable bonds is 0. The molecule has 0 fully saturated rings. The molecular weight excluding hydrogens is 163 g/mol. The van der Waals surface area contributed by atoms with Crippen LogP contribution in [0.4, 0.5) is 0 Å². The first kappa shape index (κ1) is 9.85. The van der Waals surface area contributed by atoms with E-state index in [1.807, 2.05) is 0 Å². The molecule has 0 unspecified atom stereocenters. The predicted octanol–water partition coefficient (Wildman–Crippen LogP) is -4.32. The summed E-state index contributed by atoms with van der Waals surface area (Å²) < 4.78 is 0. The van der Waals surface area contributed by atoms with Gasteiger partial charge in [-0.25, -0.2) is 0 Å². The minimum Gasteiger partial charge on any atom is -0.0914 e. The van der Waals surface area contributed by atoms with Crippen molar-refractivity contribution in [3.8, 4) is 0 Å². The lowest BCUT2D eigenvalue weighted by Gasteiger charge is -2.15. The smallest absolute Gasteiger partial charge is 0.0914 e. The van der Waals surface area contributed by atoms with E-state index in [1.165, 1.54) is 27.4 Å². The van der Waals surface area contributed by atoms with Gasteiger partial charge in [0.1, 0.15) is 31.4 Å². The van der Waals surface area contributed by atoms with Crippen LogP contribution in [-0.4, -0.2) is 31.4 Å². The van der Waals surface area contributed by atoms with Gasteiger partial charge in [-0.15, -0.1) is 0 Å². The average Bonchev–Trinajstić information content (AvgIpc) is 2.08. The Kier molecular flexibility index (Phi) is 2.67. The second-order valence-electron chi connectivity index (χ2n) is 3.44. The summed E-state index contributed by atoms with van der Waals surface area (Å²) in [6.45, 7) is 2.15. The van der Waals surface area contributed by atoms with Crippen LogP contribution in [0.1, 0.15) is 5.56 Å². The summed E-state index contributed by atoms with van der Waals surface area (Å²) in [5.74, 6) is 0. The van der Waals surface area contributed by atoms with E-state index in [1.54, 1.807) is 0 Å². The number of hydrogen-bond donors (Lipinski definition) is 0. The monoisotopic (exact) mass is 174 g/mol. The highest BCUT2D eigenvalue weighted by Gasteiger charge is 2.08. The summed E-state index contributed by atoms with van der Waals surface area (Å²) >= 11 is 6.16. The van der Waals surface area contributed by atoms with Crippen LogP contribution in [0.3, 0.4) is 0 Å². The van der Waals surface area contributed by atoms with Crippen LogP contribution in [-0.2, 0) is 0 Å². The van der Waals surface area contributed by atoms with Crippen LogP contribution in [0, 0.1) is 6.92 Å². The Morgan fingerprint density at radius 3 is 1.50 bits per heavy atom. The lowest BCUT2D eigenvalue weighted by atomic mass is 9.68. The van der Waals surface area contributed by atoms with Crippen molar-refractivity contribution < 1.29 is 0 Å². The van der Waals surface area contributed by atoms with Crippen LogP contribution in [0.25, 0.3) is 0 Å². The molecular formula is C7H11B4Cl. The zero-order chi connectivity index (χ0) is 9.46. The Hall–Kier alpha value is -0.230. The van der Waals surface area contributed by atoms with Crippen LogP contribution in [0.2, 0.25) is 5.02 Å². The van der Waals surface area contributed by atoms with E-state index in [0.29, 0.717) is 0 Å². The van der Waals surface area contributed by atoms with Crippen molar-refractivity contribution in [3.63, 3.8) is 0 Å². The average molecular weight is 174 g/mol. The molecule has 0 aliphatic carbocycles. The maximum Gasteiger partial charge on any atom is 0.140 e. The molecule has 0 saturated carbocycles. The van der Waals surface area contributed by atoms with Crippen molar-refractivity contribution in [3.05, 3.63) is 10.6 Å². The molecule has 0 aromatic heterocycles. The van der Waals surface area contributed by atoms with Crippen molar-refractivity contribution >= 4 is 64.8 Å². The first-order chi connectivity index (χ1) is 5.46. The number of benzene rings is 1. The molecule has 5 heteroatoms. The molecule has 0 saturated heterocycles. The standard InChI is InChI=1S/C7H11B4Cl/c1-2-3(8)5(10)7(12)6(11)4(2)9/h8-11H2,1H3. The molecule has 1 rings (SSSR count). The lowest BCUT2D eigenvalue weighted by molar-refractivity contribution is 1.60. The van der Waals surface area contributed by atoms with Gasteiger partial charge in [0.05, 0.1) is 0 Å². The van der Waals surface area contributed by atoms with Crippen molar-refractivity contribution in [2.45, 2.75) is 6.92 Å². The van der Waals surface area contributed by atoms with Gasteiger partial charge in [0.15, 0.2) is 0 Å². The Morgan fingerprint density at radius 1 is 0.833 bits per heavy atom. The van der Waals surface area contributed by atoms with Crippen LogP contribution < -0.4 is 21.9 Å². The third kappa shape index (κ3) is 1.33. The molecule has 0 aliphatic heterocycles. The SMILES string of the molecule is Bc1c(B)c(Cl)c(B)c(B)c1C. The Labute approximate surface area is 82.7 Å². The van der Waals surface area contributed by atoms with Gasteiger partial charge in [0, 0.05) is 5.02 Å². The van der Waals surface area contributed by atoms with Gasteiger partial charge in [-0.1, -0.05) is 39.0 Å². The highest BCUT2D eigenvalue weighted by Crippen LogP contribution is 1.97. The Bertz CT molecular complexity index is 230. The van der Waals surface area contributed by atoms with Crippen molar-refractivity contribution in [2.75, 3.05) is 0 Å². The molecule has 1 aromatic carbocycles. The van der Waals surface area contributed by atoms with E-state index >= 15 is 0 Å². The minimum atomic E-state index is 0.926. The fourth-order valence-electron chi connectivity index (χ4n) is 1.45. The third-order valence-corrected chi connectivity index (χ3v) is 3.48. The van der Waals surface area contributed by atoms with E-state index in [-0.39, 0.29) is 0 Å². The van der Waals surface area contributed by atoms with Crippen LogP contribution in [0.15, 0.2) is 0 Å². The normalized spacial score (nSPS) is 10.2. The van der Waals surface area contributed by atoms with Crippen molar-refractivity contribution in [1.82, 2.24) is 0 Å². The Morgan fingerprint density at radius 2 is 1.17 bits per heavy atom. The van der Waals surface area contributed by atoms with Gasteiger partial charge in [0.25, 0.3) is 0 Å². The maximum atomic E-state index is 6.16. The Balaban J connectivity index is 3.60. The van der Waals surface area contributed by atoms with Crippen LogP contribution in [0.5, 0.6) is 0 Å². The predicted molar refractivity (Wildman–Crippen MR) is 68.9 cm³/mol. The van der Waals surface area contributed by atoms with Gasteiger partial charge in [-0.05, 0) is 6.92 Å². The van der Waals surface area contributed by atoms with Gasteiger partial charge in [0.2, 0.25) is 0 Å². The van der Waals surface area contributed by atoms with Crippen LogP contribution >= 0.6 is 11.6 Å². The molecule has 0 nitrogen and oxygen atoms in total. The van der Waals surface area contributed by atoms with E-state index < -0.39 is 0 Å². The molecule has 12 heavy (non-hydrogen) atoms. The van der Waals surface area contributed by atoms with Gasteiger partial charge >= 0.3 is 0 Å². The summed E-state index contributed by atoms with van der Waals surface area (Å²) in [5, 5.41) is 0.926. The van der Waals surface area contributed by atoms with E-state index in [9.17, 15) is 0 Å². The van der Waals surface area contributed by atoms with Gasteiger partial charge in [-0.2, -0.15) is 0 Å². The third-order valence-electron chi connectivity index (χ3n) is 2.91. The molecule has 0 radical (unpaired) electrons. The molecule has 0 bridgehead atoms. The molecule has 0 aliphatic rings. The summed E-state index contributed by atoms with van der Waals surface area (Å²) in [5.41, 5.74) is 6.45. The number of hydrogen-bond acceptors (Lipinski definition) is 0. The highest BCUT2D eigenvalue weighted by atomic mass is 35.5. The molecule has 0 N–H and O–H groups in total. The van der Waals surface area contributed by atoms with Gasteiger partial charge in [-0.3, -0.25) is 0 Å². The minimum absolute atomic E-state index is 0.926. The summed E-state index contributed by atoms with van der Waals surface area (Å²) in [6, 6.07) is 0. The van der Waals surface area contributed by atoms with Gasteiger partial charge < -0.3 is 0 Å². The fraction of sp³-hybridized carbons (Fsp3) is 0.143. The lowest BCUT2D eigenvalue weighted by Crippen LogP contribution is -2.44.